The van der Waals surface area contributed by atoms with Gasteiger partial charge in [-0.15, -0.1) is 0 Å². The van der Waals surface area contributed by atoms with E-state index in [1.165, 1.54) is 17.5 Å². The lowest BCUT2D eigenvalue weighted by Gasteiger charge is -2.23. The van der Waals surface area contributed by atoms with Crippen LogP contribution in [0.25, 0.3) is 0 Å². The normalized spacial score (nSPS) is 15.7. The minimum absolute atomic E-state index is 0.0820. The molecule has 0 unspecified atom stereocenters. The van der Waals surface area contributed by atoms with E-state index < -0.39 is 0 Å². The highest BCUT2D eigenvalue weighted by Gasteiger charge is 2.22. The Hall–Kier alpha value is -2.53. The number of hydrogen-bond donors (Lipinski definition) is 2. The van der Waals surface area contributed by atoms with Crippen LogP contribution in [0.3, 0.4) is 0 Å². The first kappa shape index (κ1) is 19.2. The van der Waals surface area contributed by atoms with Crippen molar-refractivity contribution >= 4 is 5.91 Å². The molecule has 3 rings (SSSR count). The van der Waals surface area contributed by atoms with E-state index in [0.717, 1.165) is 24.8 Å². The summed E-state index contributed by atoms with van der Waals surface area (Å²) in [6.07, 6.45) is 4.24. The molecule has 5 nitrogen and oxygen atoms in total. The van der Waals surface area contributed by atoms with Crippen LogP contribution < -0.4 is 20.1 Å². The van der Waals surface area contributed by atoms with Gasteiger partial charge in [0, 0.05) is 18.5 Å². The maximum absolute atomic E-state index is 12.2. The Labute approximate surface area is 161 Å². The molecule has 144 valence electrons. The van der Waals surface area contributed by atoms with Crippen molar-refractivity contribution in [3.05, 3.63) is 59.2 Å². The van der Waals surface area contributed by atoms with Gasteiger partial charge in [0.25, 0.3) is 5.91 Å². The summed E-state index contributed by atoms with van der Waals surface area (Å²) in [6.45, 7) is 1.08. The van der Waals surface area contributed by atoms with E-state index in [0.29, 0.717) is 30.6 Å². The molecule has 0 radical (unpaired) electrons. The number of methoxy groups -OCH3 is 2. The van der Waals surface area contributed by atoms with Gasteiger partial charge in [-0.3, -0.25) is 4.79 Å². The molecule has 1 amide bonds. The average molecular weight is 369 g/mol. The predicted molar refractivity (Wildman–Crippen MR) is 105 cm³/mol. The third kappa shape index (κ3) is 5.01. The Morgan fingerprint density at radius 1 is 1.15 bits per heavy atom. The average Bonchev–Trinajstić information content (AvgIpc) is 2.72. The SMILES string of the molecule is COc1ccc(CCNC(=O)C[NH2+][C@H]2CCCc3ccccc32)cc1OC. The summed E-state index contributed by atoms with van der Waals surface area (Å²) >= 11 is 0. The number of carbonyl (C=O) groups excluding carboxylic acids is 1. The molecular formula is C22H29N2O3+. The van der Waals surface area contributed by atoms with Gasteiger partial charge in [-0.25, -0.2) is 0 Å². The second kappa shape index (κ2) is 9.42. The van der Waals surface area contributed by atoms with Crippen LogP contribution >= 0.6 is 0 Å². The summed E-state index contributed by atoms with van der Waals surface area (Å²) in [4.78, 5) is 12.2. The lowest BCUT2D eigenvalue weighted by atomic mass is 9.88. The molecule has 3 N–H and O–H groups in total. The van der Waals surface area contributed by atoms with Gasteiger partial charge in [-0.1, -0.05) is 30.3 Å². The van der Waals surface area contributed by atoms with Crippen LogP contribution in [0.2, 0.25) is 0 Å². The first-order valence-electron chi connectivity index (χ1n) is 9.60. The zero-order valence-electron chi connectivity index (χ0n) is 16.2. The molecule has 1 atom stereocenters. The van der Waals surface area contributed by atoms with Crippen molar-refractivity contribution in [2.24, 2.45) is 0 Å². The quantitative estimate of drug-likeness (QED) is 0.748. The summed E-state index contributed by atoms with van der Waals surface area (Å²) in [5.41, 5.74) is 3.93. The van der Waals surface area contributed by atoms with Gasteiger partial charge in [0.1, 0.15) is 6.04 Å². The molecule has 0 aromatic heterocycles. The Balaban J connectivity index is 1.44. The van der Waals surface area contributed by atoms with E-state index in [-0.39, 0.29) is 5.91 Å². The maximum atomic E-state index is 12.2. The minimum atomic E-state index is 0.0820. The third-order valence-corrected chi connectivity index (χ3v) is 5.19. The van der Waals surface area contributed by atoms with Gasteiger partial charge < -0.3 is 20.1 Å². The van der Waals surface area contributed by atoms with Crippen molar-refractivity contribution in [1.82, 2.24) is 5.32 Å². The van der Waals surface area contributed by atoms with Crippen LogP contribution in [-0.2, 0) is 17.6 Å². The topological polar surface area (TPSA) is 64.2 Å². The third-order valence-electron chi connectivity index (χ3n) is 5.19. The van der Waals surface area contributed by atoms with Gasteiger partial charge in [0.2, 0.25) is 0 Å². The number of nitrogens with one attached hydrogen (secondary N) is 1. The largest absolute Gasteiger partial charge is 0.493 e. The van der Waals surface area contributed by atoms with Crippen molar-refractivity contribution in [3.63, 3.8) is 0 Å². The van der Waals surface area contributed by atoms with Crippen molar-refractivity contribution in [2.45, 2.75) is 31.7 Å². The molecule has 0 saturated heterocycles. The molecule has 0 bridgehead atoms. The fraction of sp³-hybridized carbons (Fsp3) is 0.409. The molecular weight excluding hydrogens is 340 g/mol. The molecule has 2 aromatic rings. The number of amides is 1. The van der Waals surface area contributed by atoms with Gasteiger partial charge >= 0.3 is 0 Å². The highest BCUT2D eigenvalue weighted by Crippen LogP contribution is 2.28. The van der Waals surface area contributed by atoms with E-state index >= 15 is 0 Å². The summed E-state index contributed by atoms with van der Waals surface area (Å²) in [6, 6.07) is 14.8. The fourth-order valence-corrected chi connectivity index (χ4v) is 3.74. The summed E-state index contributed by atoms with van der Waals surface area (Å²) in [5, 5.41) is 5.19. The number of nitrogens with two attached hydrogens (primary N) is 1. The van der Waals surface area contributed by atoms with Crippen LogP contribution in [0, 0.1) is 0 Å². The molecule has 0 spiro atoms. The van der Waals surface area contributed by atoms with Crippen LogP contribution in [-0.4, -0.2) is 33.2 Å². The minimum Gasteiger partial charge on any atom is -0.493 e. The highest BCUT2D eigenvalue weighted by molar-refractivity contribution is 5.76. The summed E-state index contributed by atoms with van der Waals surface area (Å²) < 4.78 is 10.6. The van der Waals surface area contributed by atoms with E-state index in [1.54, 1.807) is 14.2 Å². The lowest BCUT2D eigenvalue weighted by Crippen LogP contribution is -2.87. The predicted octanol–water partition coefficient (Wildman–Crippen LogP) is 2.00. The fourth-order valence-electron chi connectivity index (χ4n) is 3.74. The first-order valence-corrected chi connectivity index (χ1v) is 9.60. The number of benzene rings is 2. The monoisotopic (exact) mass is 369 g/mol. The number of carbonyl (C=O) groups is 1. The second-order valence-corrected chi connectivity index (χ2v) is 6.93. The smallest absolute Gasteiger partial charge is 0.275 e. The lowest BCUT2D eigenvalue weighted by molar-refractivity contribution is -0.687. The van der Waals surface area contributed by atoms with Crippen LogP contribution in [0.15, 0.2) is 42.5 Å². The number of fused-ring (bicyclic) bond motifs is 1. The molecule has 0 aliphatic heterocycles. The Morgan fingerprint density at radius 2 is 1.96 bits per heavy atom. The molecule has 0 heterocycles. The summed E-state index contributed by atoms with van der Waals surface area (Å²) in [5.74, 6) is 1.51. The number of quaternary nitrogens is 1. The number of aryl methyl sites for hydroxylation is 1. The first-order chi connectivity index (χ1) is 13.2. The zero-order valence-corrected chi connectivity index (χ0v) is 16.2. The zero-order chi connectivity index (χ0) is 19.1. The van der Waals surface area contributed by atoms with Crippen LogP contribution in [0.5, 0.6) is 11.5 Å². The molecule has 2 aromatic carbocycles. The molecule has 1 aliphatic rings. The molecule has 27 heavy (non-hydrogen) atoms. The van der Waals surface area contributed by atoms with E-state index in [4.69, 9.17) is 9.47 Å². The number of hydrogen-bond acceptors (Lipinski definition) is 3. The molecule has 5 heteroatoms. The van der Waals surface area contributed by atoms with Crippen molar-refractivity contribution in [2.75, 3.05) is 27.3 Å². The number of rotatable bonds is 8. The molecule has 0 saturated carbocycles. The van der Waals surface area contributed by atoms with Gasteiger partial charge in [-0.2, -0.15) is 0 Å². The van der Waals surface area contributed by atoms with Crippen molar-refractivity contribution < 1.29 is 19.6 Å². The van der Waals surface area contributed by atoms with Crippen molar-refractivity contribution in [1.29, 1.82) is 0 Å². The number of ether oxygens (including phenoxy) is 2. The molecule has 0 fully saturated rings. The van der Waals surface area contributed by atoms with Gasteiger partial charge in [-0.05, 0) is 42.5 Å². The van der Waals surface area contributed by atoms with Crippen molar-refractivity contribution in [3.8, 4) is 11.5 Å². The van der Waals surface area contributed by atoms with Gasteiger partial charge in [0.15, 0.2) is 18.0 Å². The Morgan fingerprint density at radius 3 is 2.78 bits per heavy atom. The highest BCUT2D eigenvalue weighted by atomic mass is 16.5. The Bertz CT molecular complexity index is 776. The maximum Gasteiger partial charge on any atom is 0.275 e. The molecule has 1 aliphatic carbocycles. The van der Waals surface area contributed by atoms with E-state index in [9.17, 15) is 4.79 Å². The van der Waals surface area contributed by atoms with Crippen LogP contribution in [0.1, 0.15) is 35.6 Å². The summed E-state index contributed by atoms with van der Waals surface area (Å²) in [7, 11) is 3.25. The van der Waals surface area contributed by atoms with Gasteiger partial charge in [0.05, 0.1) is 14.2 Å². The second-order valence-electron chi connectivity index (χ2n) is 6.93. The van der Waals surface area contributed by atoms with E-state index in [1.807, 2.05) is 18.2 Å². The standard InChI is InChI=1S/C22H28N2O3/c1-26-20-11-10-16(14-21(20)27-2)12-13-23-22(25)15-24-19-9-5-7-17-6-3-4-8-18(17)19/h3-4,6,8,10-11,14,19,24H,5,7,9,12-13,15H2,1-2H3,(H,23,25)/p+1/t19-/m0/s1. The van der Waals surface area contributed by atoms with Crippen LogP contribution in [0.4, 0.5) is 0 Å². The Kier molecular flexibility index (Phi) is 6.71. The van der Waals surface area contributed by atoms with E-state index in [2.05, 4.69) is 34.9 Å².